The third-order valence-corrected chi connectivity index (χ3v) is 1.91. The molecule has 2 N–H and O–H groups in total. The SMILES string of the molecule is CC(C)=O.NCCc1cccs1. The highest BCUT2D eigenvalue weighted by molar-refractivity contribution is 7.09. The van der Waals surface area contributed by atoms with Crippen molar-refractivity contribution in [1.29, 1.82) is 0 Å². The van der Waals surface area contributed by atoms with Gasteiger partial charge in [-0.15, -0.1) is 11.3 Å². The first-order valence-electron chi connectivity index (χ1n) is 3.86. The molecule has 0 fully saturated rings. The molecule has 1 rings (SSSR count). The highest BCUT2D eigenvalue weighted by Gasteiger charge is 1.87. The quantitative estimate of drug-likeness (QED) is 0.764. The molecule has 0 aromatic carbocycles. The van der Waals surface area contributed by atoms with E-state index in [9.17, 15) is 4.79 Å². The van der Waals surface area contributed by atoms with Crippen molar-refractivity contribution < 1.29 is 4.79 Å². The molecular weight excluding hydrogens is 170 g/mol. The smallest absolute Gasteiger partial charge is 0.126 e. The third-order valence-electron chi connectivity index (χ3n) is 0.971. The monoisotopic (exact) mass is 185 g/mol. The summed E-state index contributed by atoms with van der Waals surface area (Å²) in [6.07, 6.45) is 1.03. The van der Waals surface area contributed by atoms with Gasteiger partial charge in [-0.25, -0.2) is 0 Å². The highest BCUT2D eigenvalue weighted by atomic mass is 32.1. The van der Waals surface area contributed by atoms with Crippen LogP contribution in [-0.2, 0) is 11.2 Å². The van der Waals surface area contributed by atoms with Gasteiger partial charge in [-0.1, -0.05) is 6.07 Å². The number of carbonyl (C=O) groups is 1. The summed E-state index contributed by atoms with van der Waals surface area (Å²) in [6, 6.07) is 4.16. The zero-order valence-corrected chi connectivity index (χ0v) is 8.36. The largest absolute Gasteiger partial charge is 0.330 e. The van der Waals surface area contributed by atoms with Crippen molar-refractivity contribution in [3.8, 4) is 0 Å². The molecule has 0 radical (unpaired) electrons. The fraction of sp³-hybridized carbons (Fsp3) is 0.444. The summed E-state index contributed by atoms with van der Waals surface area (Å²) in [4.78, 5) is 10.8. The van der Waals surface area contributed by atoms with Crippen molar-refractivity contribution in [2.45, 2.75) is 20.3 Å². The van der Waals surface area contributed by atoms with Crippen molar-refractivity contribution in [2.75, 3.05) is 6.54 Å². The molecule has 1 heterocycles. The van der Waals surface area contributed by atoms with E-state index >= 15 is 0 Å². The molecule has 0 saturated carbocycles. The number of nitrogens with two attached hydrogens (primary N) is 1. The summed E-state index contributed by atoms with van der Waals surface area (Å²) < 4.78 is 0. The van der Waals surface area contributed by atoms with E-state index in [4.69, 9.17) is 5.73 Å². The predicted octanol–water partition coefficient (Wildman–Crippen LogP) is 1.84. The zero-order chi connectivity index (χ0) is 9.40. The Morgan fingerprint density at radius 2 is 2.17 bits per heavy atom. The van der Waals surface area contributed by atoms with E-state index in [0.29, 0.717) is 0 Å². The summed E-state index contributed by atoms with van der Waals surface area (Å²) in [5.74, 6) is 0.167. The standard InChI is InChI=1S/C6H9NS.C3H6O/c7-4-3-6-2-1-5-8-6;1-3(2)4/h1-2,5H,3-4,7H2;1-2H3. The van der Waals surface area contributed by atoms with Crippen LogP contribution in [0.25, 0.3) is 0 Å². The van der Waals surface area contributed by atoms with Crippen LogP contribution in [0.15, 0.2) is 17.5 Å². The van der Waals surface area contributed by atoms with Crippen molar-refractivity contribution in [2.24, 2.45) is 5.73 Å². The molecule has 1 aromatic rings. The minimum atomic E-state index is 0.167. The Labute approximate surface area is 77.4 Å². The van der Waals surface area contributed by atoms with E-state index in [1.807, 2.05) is 0 Å². The lowest BCUT2D eigenvalue weighted by molar-refractivity contribution is -0.114. The van der Waals surface area contributed by atoms with E-state index in [1.165, 1.54) is 18.7 Å². The van der Waals surface area contributed by atoms with Gasteiger partial charge in [0.25, 0.3) is 0 Å². The molecule has 68 valence electrons. The molecule has 1 aromatic heterocycles. The van der Waals surface area contributed by atoms with Gasteiger partial charge in [-0.3, -0.25) is 0 Å². The molecule has 0 atom stereocenters. The van der Waals surface area contributed by atoms with E-state index in [-0.39, 0.29) is 5.78 Å². The van der Waals surface area contributed by atoms with Gasteiger partial charge in [0.1, 0.15) is 5.78 Å². The summed E-state index contributed by atoms with van der Waals surface area (Å²) >= 11 is 1.77. The second kappa shape index (κ2) is 7.00. The second-order valence-electron chi connectivity index (χ2n) is 2.53. The molecule has 0 unspecified atom stereocenters. The molecule has 0 amide bonds. The number of hydrogen-bond acceptors (Lipinski definition) is 3. The van der Waals surface area contributed by atoms with E-state index in [0.717, 1.165) is 13.0 Å². The zero-order valence-electron chi connectivity index (χ0n) is 7.54. The third kappa shape index (κ3) is 7.44. The Morgan fingerprint density at radius 3 is 2.50 bits per heavy atom. The predicted molar refractivity (Wildman–Crippen MR) is 53.4 cm³/mol. The summed E-state index contributed by atoms with van der Waals surface area (Å²) in [5.41, 5.74) is 5.33. The number of Topliss-reactive ketones (excluding diaryl/α,β-unsaturated/α-hetero) is 1. The molecule has 12 heavy (non-hydrogen) atoms. The van der Waals surface area contributed by atoms with Crippen LogP contribution in [0, 0.1) is 0 Å². The molecule has 3 heteroatoms. The summed E-state index contributed by atoms with van der Waals surface area (Å²) in [5, 5.41) is 2.07. The maximum Gasteiger partial charge on any atom is 0.126 e. The second-order valence-corrected chi connectivity index (χ2v) is 3.56. The lowest BCUT2D eigenvalue weighted by Gasteiger charge is -1.86. The highest BCUT2D eigenvalue weighted by Crippen LogP contribution is 2.07. The lowest BCUT2D eigenvalue weighted by atomic mass is 10.3. The minimum Gasteiger partial charge on any atom is -0.330 e. The van der Waals surface area contributed by atoms with Gasteiger partial charge in [-0.05, 0) is 38.3 Å². The van der Waals surface area contributed by atoms with Gasteiger partial charge < -0.3 is 10.5 Å². The van der Waals surface area contributed by atoms with Crippen LogP contribution >= 0.6 is 11.3 Å². The van der Waals surface area contributed by atoms with Crippen LogP contribution in [0.3, 0.4) is 0 Å². The average Bonchev–Trinajstić information content (AvgIpc) is 2.39. The number of thiophene rings is 1. The van der Waals surface area contributed by atoms with Crippen LogP contribution in [-0.4, -0.2) is 12.3 Å². The van der Waals surface area contributed by atoms with Gasteiger partial charge in [-0.2, -0.15) is 0 Å². The molecule has 0 spiro atoms. The molecule has 0 aliphatic carbocycles. The Kier molecular flexibility index (Phi) is 6.61. The molecule has 2 nitrogen and oxygen atoms in total. The molecular formula is C9H15NOS. The topological polar surface area (TPSA) is 43.1 Å². The van der Waals surface area contributed by atoms with Gasteiger partial charge in [0.05, 0.1) is 0 Å². The van der Waals surface area contributed by atoms with Crippen molar-refractivity contribution >= 4 is 17.1 Å². The van der Waals surface area contributed by atoms with E-state index < -0.39 is 0 Å². The van der Waals surface area contributed by atoms with E-state index in [2.05, 4.69) is 17.5 Å². The van der Waals surface area contributed by atoms with Gasteiger partial charge >= 0.3 is 0 Å². The first kappa shape index (κ1) is 11.3. The Hall–Kier alpha value is -0.670. The summed E-state index contributed by atoms with van der Waals surface area (Å²) in [7, 11) is 0. The average molecular weight is 185 g/mol. The fourth-order valence-electron chi connectivity index (χ4n) is 0.597. The molecule has 0 aliphatic rings. The minimum absolute atomic E-state index is 0.167. The van der Waals surface area contributed by atoms with E-state index in [1.54, 1.807) is 11.3 Å². The maximum absolute atomic E-state index is 9.44. The fourth-order valence-corrected chi connectivity index (χ4v) is 1.32. The Morgan fingerprint density at radius 1 is 1.58 bits per heavy atom. The number of rotatable bonds is 2. The number of ketones is 1. The van der Waals surface area contributed by atoms with Crippen molar-refractivity contribution in [1.82, 2.24) is 0 Å². The van der Waals surface area contributed by atoms with Crippen LogP contribution in [0.1, 0.15) is 18.7 Å². The van der Waals surface area contributed by atoms with Crippen molar-refractivity contribution in [3.63, 3.8) is 0 Å². The normalized spacial score (nSPS) is 8.58. The van der Waals surface area contributed by atoms with Crippen LogP contribution in [0.2, 0.25) is 0 Å². The van der Waals surface area contributed by atoms with Crippen molar-refractivity contribution in [3.05, 3.63) is 22.4 Å². The molecule has 0 aliphatic heterocycles. The van der Waals surface area contributed by atoms with Crippen LogP contribution < -0.4 is 5.73 Å². The Bertz CT molecular complexity index is 202. The summed E-state index contributed by atoms with van der Waals surface area (Å²) in [6.45, 7) is 3.82. The first-order valence-corrected chi connectivity index (χ1v) is 4.74. The van der Waals surface area contributed by atoms with Crippen LogP contribution in [0.5, 0.6) is 0 Å². The molecule has 0 saturated heterocycles. The molecule has 0 bridgehead atoms. The van der Waals surface area contributed by atoms with Crippen LogP contribution in [0.4, 0.5) is 0 Å². The lowest BCUT2D eigenvalue weighted by Crippen LogP contribution is -2.00. The van der Waals surface area contributed by atoms with Gasteiger partial charge in [0.2, 0.25) is 0 Å². The van der Waals surface area contributed by atoms with Gasteiger partial charge in [0.15, 0.2) is 0 Å². The Balaban J connectivity index is 0.000000261. The first-order chi connectivity index (χ1) is 5.66. The van der Waals surface area contributed by atoms with Gasteiger partial charge in [0, 0.05) is 4.88 Å². The number of carbonyl (C=O) groups excluding carboxylic acids is 1. The number of hydrogen-bond donors (Lipinski definition) is 1. The maximum atomic E-state index is 9.44.